The van der Waals surface area contributed by atoms with Crippen LogP contribution in [-0.4, -0.2) is 58.2 Å². The molecule has 2 heterocycles. The Morgan fingerprint density at radius 3 is 3.00 bits per heavy atom. The molecule has 0 bridgehead atoms. The first kappa shape index (κ1) is 11.6. The van der Waals surface area contributed by atoms with Gasteiger partial charge in [-0.15, -0.1) is 0 Å². The second-order valence-corrected chi connectivity index (χ2v) is 4.28. The van der Waals surface area contributed by atoms with Gasteiger partial charge < -0.3 is 9.84 Å². The van der Waals surface area contributed by atoms with Gasteiger partial charge in [0.1, 0.15) is 0 Å². The van der Waals surface area contributed by atoms with E-state index >= 15 is 0 Å². The molecule has 1 aliphatic heterocycles. The van der Waals surface area contributed by atoms with Gasteiger partial charge in [0.15, 0.2) is 0 Å². The predicted molar refractivity (Wildman–Crippen MR) is 60.1 cm³/mol. The van der Waals surface area contributed by atoms with Crippen LogP contribution in [0.25, 0.3) is 0 Å². The van der Waals surface area contributed by atoms with Crippen molar-refractivity contribution in [2.24, 2.45) is 0 Å². The van der Waals surface area contributed by atoms with E-state index in [0.29, 0.717) is 0 Å². The maximum atomic E-state index is 9.11. The number of aromatic nitrogens is 2. The Labute approximate surface area is 95.6 Å². The van der Waals surface area contributed by atoms with E-state index in [-0.39, 0.29) is 18.8 Å². The number of morpholine rings is 1. The summed E-state index contributed by atoms with van der Waals surface area (Å²) < 4.78 is 7.51. The molecule has 0 spiro atoms. The van der Waals surface area contributed by atoms with Gasteiger partial charge in [0, 0.05) is 32.0 Å². The van der Waals surface area contributed by atoms with Crippen LogP contribution >= 0.6 is 0 Å². The van der Waals surface area contributed by atoms with Crippen LogP contribution < -0.4 is 0 Å². The number of ether oxygens (including phenoxy) is 1. The molecule has 1 aromatic heterocycles. The summed E-state index contributed by atoms with van der Waals surface area (Å²) in [5, 5.41) is 13.3. The van der Waals surface area contributed by atoms with Crippen LogP contribution in [0.2, 0.25) is 0 Å². The number of aliphatic hydroxyl groups excluding tert-OH is 1. The lowest BCUT2D eigenvalue weighted by Gasteiger charge is -2.35. The first-order valence-electron chi connectivity index (χ1n) is 5.74. The van der Waals surface area contributed by atoms with Crippen molar-refractivity contribution in [3.05, 3.63) is 18.5 Å². The molecule has 1 saturated heterocycles. The molecule has 5 heteroatoms. The summed E-state index contributed by atoms with van der Waals surface area (Å²) in [7, 11) is 0. The standard InChI is InChI=1S/C11H19N3O2/c1-10-7-13(8-11(9-15)16-10)5-6-14-4-2-3-12-14/h2-4,10-11,15H,5-9H2,1H3. The second-order valence-electron chi connectivity index (χ2n) is 4.28. The fourth-order valence-corrected chi connectivity index (χ4v) is 2.10. The average Bonchev–Trinajstić information content (AvgIpc) is 2.78. The van der Waals surface area contributed by atoms with Crippen molar-refractivity contribution in [2.75, 3.05) is 26.2 Å². The van der Waals surface area contributed by atoms with Crippen LogP contribution in [0.3, 0.4) is 0 Å². The molecule has 1 N–H and O–H groups in total. The monoisotopic (exact) mass is 225 g/mol. The van der Waals surface area contributed by atoms with E-state index < -0.39 is 0 Å². The summed E-state index contributed by atoms with van der Waals surface area (Å²) in [4.78, 5) is 2.32. The minimum absolute atomic E-state index is 0.0404. The maximum absolute atomic E-state index is 9.11. The van der Waals surface area contributed by atoms with Gasteiger partial charge in [0.05, 0.1) is 25.4 Å². The Morgan fingerprint density at radius 1 is 1.44 bits per heavy atom. The lowest BCUT2D eigenvalue weighted by atomic mass is 10.2. The number of nitrogens with zero attached hydrogens (tertiary/aromatic N) is 3. The van der Waals surface area contributed by atoms with Crippen LogP contribution in [0.15, 0.2) is 18.5 Å². The Balaban J connectivity index is 1.80. The zero-order valence-electron chi connectivity index (χ0n) is 9.62. The quantitative estimate of drug-likeness (QED) is 0.781. The number of aliphatic hydroxyl groups is 1. The normalized spacial score (nSPS) is 27.1. The van der Waals surface area contributed by atoms with Crippen molar-refractivity contribution in [1.29, 1.82) is 0 Å². The highest BCUT2D eigenvalue weighted by Gasteiger charge is 2.24. The van der Waals surface area contributed by atoms with Crippen molar-refractivity contribution in [3.8, 4) is 0 Å². The summed E-state index contributed by atoms with van der Waals surface area (Å²) in [5.41, 5.74) is 0. The minimum atomic E-state index is -0.0404. The Bertz CT molecular complexity index is 302. The number of rotatable bonds is 4. The van der Waals surface area contributed by atoms with Gasteiger partial charge in [0.25, 0.3) is 0 Å². The lowest BCUT2D eigenvalue weighted by molar-refractivity contribution is -0.0956. The Hall–Kier alpha value is -0.910. The van der Waals surface area contributed by atoms with Gasteiger partial charge in [-0.3, -0.25) is 9.58 Å². The zero-order chi connectivity index (χ0) is 11.4. The smallest absolute Gasteiger partial charge is 0.0936 e. The number of hydrogen-bond donors (Lipinski definition) is 1. The van der Waals surface area contributed by atoms with E-state index in [1.807, 2.05) is 23.9 Å². The van der Waals surface area contributed by atoms with Gasteiger partial charge in [0.2, 0.25) is 0 Å². The molecule has 0 amide bonds. The van der Waals surface area contributed by atoms with Gasteiger partial charge >= 0.3 is 0 Å². The third-order valence-corrected chi connectivity index (χ3v) is 2.81. The SMILES string of the molecule is CC1CN(CCn2cccn2)CC(CO)O1. The third kappa shape index (κ3) is 3.04. The van der Waals surface area contributed by atoms with E-state index in [2.05, 4.69) is 10.00 Å². The predicted octanol–water partition coefficient (Wildman–Crippen LogP) is -0.0353. The fraction of sp³-hybridized carbons (Fsp3) is 0.727. The van der Waals surface area contributed by atoms with Crippen molar-refractivity contribution < 1.29 is 9.84 Å². The zero-order valence-corrected chi connectivity index (χ0v) is 9.62. The topological polar surface area (TPSA) is 50.5 Å². The molecule has 2 rings (SSSR count). The van der Waals surface area contributed by atoms with Crippen LogP contribution in [0.5, 0.6) is 0 Å². The molecule has 1 fully saturated rings. The van der Waals surface area contributed by atoms with Gasteiger partial charge in [-0.25, -0.2) is 0 Å². The molecule has 0 radical (unpaired) electrons. The van der Waals surface area contributed by atoms with E-state index in [4.69, 9.17) is 9.84 Å². The van der Waals surface area contributed by atoms with Crippen LogP contribution in [0.4, 0.5) is 0 Å². The molecular weight excluding hydrogens is 206 g/mol. The third-order valence-electron chi connectivity index (χ3n) is 2.81. The molecule has 0 aliphatic carbocycles. The fourth-order valence-electron chi connectivity index (χ4n) is 2.10. The van der Waals surface area contributed by atoms with Gasteiger partial charge in [-0.1, -0.05) is 0 Å². The highest BCUT2D eigenvalue weighted by Crippen LogP contribution is 2.10. The summed E-state index contributed by atoms with van der Waals surface area (Å²) in [6.07, 6.45) is 3.91. The lowest BCUT2D eigenvalue weighted by Crippen LogP contribution is -2.48. The molecule has 1 aromatic rings. The van der Waals surface area contributed by atoms with E-state index in [1.54, 1.807) is 6.20 Å². The maximum Gasteiger partial charge on any atom is 0.0936 e. The summed E-state index contributed by atoms with van der Waals surface area (Å²) in [6, 6.07) is 1.93. The van der Waals surface area contributed by atoms with Gasteiger partial charge in [-0.2, -0.15) is 5.10 Å². The highest BCUT2D eigenvalue weighted by atomic mass is 16.5. The molecular formula is C11H19N3O2. The molecule has 5 nitrogen and oxygen atoms in total. The molecule has 0 saturated carbocycles. The van der Waals surface area contributed by atoms with E-state index in [0.717, 1.165) is 26.2 Å². The van der Waals surface area contributed by atoms with Crippen LogP contribution in [0, 0.1) is 0 Å². The second kappa shape index (κ2) is 5.43. The molecule has 0 aromatic carbocycles. The molecule has 1 aliphatic rings. The van der Waals surface area contributed by atoms with E-state index in [1.165, 1.54) is 0 Å². The first-order chi connectivity index (χ1) is 7.78. The first-order valence-corrected chi connectivity index (χ1v) is 5.74. The van der Waals surface area contributed by atoms with E-state index in [9.17, 15) is 0 Å². The van der Waals surface area contributed by atoms with Crippen molar-refractivity contribution in [2.45, 2.75) is 25.7 Å². The Kier molecular flexibility index (Phi) is 3.93. The van der Waals surface area contributed by atoms with Crippen molar-refractivity contribution >= 4 is 0 Å². The largest absolute Gasteiger partial charge is 0.394 e. The molecule has 2 unspecified atom stereocenters. The molecule has 2 atom stereocenters. The summed E-state index contributed by atoms with van der Waals surface area (Å²) >= 11 is 0. The van der Waals surface area contributed by atoms with Crippen molar-refractivity contribution in [3.63, 3.8) is 0 Å². The summed E-state index contributed by atoms with van der Waals surface area (Å²) in [5.74, 6) is 0. The van der Waals surface area contributed by atoms with Crippen LogP contribution in [0.1, 0.15) is 6.92 Å². The van der Waals surface area contributed by atoms with Crippen molar-refractivity contribution in [1.82, 2.24) is 14.7 Å². The molecule has 16 heavy (non-hydrogen) atoms. The molecule has 90 valence electrons. The Morgan fingerprint density at radius 2 is 2.31 bits per heavy atom. The number of hydrogen-bond acceptors (Lipinski definition) is 4. The van der Waals surface area contributed by atoms with Gasteiger partial charge in [-0.05, 0) is 13.0 Å². The van der Waals surface area contributed by atoms with Crippen LogP contribution in [-0.2, 0) is 11.3 Å². The average molecular weight is 225 g/mol. The highest BCUT2D eigenvalue weighted by molar-refractivity contribution is 4.79. The summed E-state index contributed by atoms with van der Waals surface area (Å²) in [6.45, 7) is 5.72. The minimum Gasteiger partial charge on any atom is -0.394 e.